The van der Waals surface area contributed by atoms with Gasteiger partial charge in [-0.2, -0.15) is 0 Å². The number of rotatable bonds is 4. The van der Waals surface area contributed by atoms with Crippen molar-refractivity contribution in [2.24, 2.45) is 0 Å². The van der Waals surface area contributed by atoms with Gasteiger partial charge in [0.05, 0.1) is 12.2 Å². The molecular formula is C15H14FNO2. The zero-order chi connectivity index (χ0) is 13.8. The number of nitrogen functional groups attached to an aromatic ring is 1. The quantitative estimate of drug-likeness (QED) is 0.678. The van der Waals surface area contributed by atoms with Crippen LogP contribution in [-0.4, -0.2) is 12.4 Å². The fraction of sp³-hybridized carbons (Fsp3) is 0.133. The van der Waals surface area contributed by atoms with E-state index in [-0.39, 0.29) is 5.56 Å². The van der Waals surface area contributed by atoms with E-state index in [1.165, 1.54) is 18.2 Å². The van der Waals surface area contributed by atoms with E-state index in [1.807, 2.05) is 6.92 Å². The topological polar surface area (TPSA) is 52.3 Å². The first kappa shape index (κ1) is 13.1. The minimum atomic E-state index is -0.576. The number of hydrogen-bond donors (Lipinski definition) is 1. The monoisotopic (exact) mass is 259 g/mol. The molecule has 0 heterocycles. The molecule has 0 amide bonds. The van der Waals surface area contributed by atoms with E-state index in [2.05, 4.69) is 0 Å². The maximum Gasteiger partial charge on any atom is 0.196 e. The number of halogens is 1. The van der Waals surface area contributed by atoms with Crippen molar-refractivity contribution >= 4 is 11.5 Å². The van der Waals surface area contributed by atoms with E-state index in [4.69, 9.17) is 10.5 Å². The Morgan fingerprint density at radius 3 is 2.53 bits per heavy atom. The Balaban J connectivity index is 2.30. The van der Waals surface area contributed by atoms with E-state index < -0.39 is 11.6 Å². The number of carbonyl (C=O) groups is 1. The van der Waals surface area contributed by atoms with Crippen molar-refractivity contribution in [3.63, 3.8) is 0 Å². The third-order valence-corrected chi connectivity index (χ3v) is 2.66. The molecule has 0 fully saturated rings. The lowest BCUT2D eigenvalue weighted by atomic mass is 10.0. The van der Waals surface area contributed by atoms with Crippen molar-refractivity contribution in [1.82, 2.24) is 0 Å². The van der Waals surface area contributed by atoms with E-state index >= 15 is 0 Å². The summed E-state index contributed by atoms with van der Waals surface area (Å²) in [6.07, 6.45) is 0. The molecule has 0 aliphatic rings. The number of ether oxygens (including phenoxy) is 1. The van der Waals surface area contributed by atoms with Gasteiger partial charge in [0.15, 0.2) is 5.78 Å². The number of anilines is 1. The van der Waals surface area contributed by atoms with Crippen LogP contribution in [-0.2, 0) is 0 Å². The Morgan fingerprint density at radius 1 is 1.21 bits per heavy atom. The molecule has 2 aromatic carbocycles. The van der Waals surface area contributed by atoms with Gasteiger partial charge in [-0.15, -0.1) is 0 Å². The van der Waals surface area contributed by atoms with Crippen LogP contribution in [0, 0.1) is 5.82 Å². The highest BCUT2D eigenvalue weighted by Gasteiger charge is 2.14. The van der Waals surface area contributed by atoms with Gasteiger partial charge >= 0.3 is 0 Å². The Morgan fingerprint density at radius 2 is 1.89 bits per heavy atom. The third-order valence-electron chi connectivity index (χ3n) is 2.66. The first-order valence-electron chi connectivity index (χ1n) is 5.94. The van der Waals surface area contributed by atoms with Crippen LogP contribution in [0.25, 0.3) is 0 Å². The molecule has 19 heavy (non-hydrogen) atoms. The first-order valence-corrected chi connectivity index (χ1v) is 5.94. The van der Waals surface area contributed by atoms with Crippen LogP contribution in [0.2, 0.25) is 0 Å². The van der Waals surface area contributed by atoms with Crippen LogP contribution in [0.4, 0.5) is 10.1 Å². The summed E-state index contributed by atoms with van der Waals surface area (Å²) in [6.45, 7) is 2.43. The second kappa shape index (κ2) is 5.52. The molecule has 2 rings (SSSR count). The molecule has 0 aromatic heterocycles. The zero-order valence-corrected chi connectivity index (χ0v) is 10.5. The molecule has 0 saturated carbocycles. The normalized spacial score (nSPS) is 10.2. The summed E-state index contributed by atoms with van der Waals surface area (Å²) in [5, 5.41) is 0. The molecule has 0 saturated heterocycles. The van der Waals surface area contributed by atoms with Gasteiger partial charge < -0.3 is 10.5 Å². The number of carbonyl (C=O) groups excluding carboxylic acids is 1. The second-order valence-electron chi connectivity index (χ2n) is 4.03. The van der Waals surface area contributed by atoms with Gasteiger partial charge in [0.1, 0.15) is 11.6 Å². The van der Waals surface area contributed by atoms with Crippen LogP contribution in [0.5, 0.6) is 5.75 Å². The van der Waals surface area contributed by atoms with Gasteiger partial charge in [-0.3, -0.25) is 4.79 Å². The van der Waals surface area contributed by atoms with Crippen LogP contribution < -0.4 is 10.5 Å². The van der Waals surface area contributed by atoms with E-state index in [1.54, 1.807) is 24.3 Å². The summed E-state index contributed by atoms with van der Waals surface area (Å²) in [7, 11) is 0. The Hall–Kier alpha value is -2.36. The van der Waals surface area contributed by atoms with Crippen molar-refractivity contribution < 1.29 is 13.9 Å². The SMILES string of the molecule is CCOc1ccc(C(=O)c2cc(N)ccc2F)cc1. The van der Waals surface area contributed by atoms with Crippen LogP contribution in [0.15, 0.2) is 42.5 Å². The predicted octanol–water partition coefficient (Wildman–Crippen LogP) is 3.04. The second-order valence-corrected chi connectivity index (χ2v) is 4.03. The van der Waals surface area contributed by atoms with Crippen molar-refractivity contribution in [3.05, 3.63) is 59.4 Å². The van der Waals surface area contributed by atoms with Gasteiger partial charge in [-0.1, -0.05) is 0 Å². The predicted molar refractivity (Wildman–Crippen MR) is 71.9 cm³/mol. The average Bonchev–Trinajstić information content (AvgIpc) is 2.42. The van der Waals surface area contributed by atoms with Crippen molar-refractivity contribution in [2.45, 2.75) is 6.92 Å². The maximum absolute atomic E-state index is 13.6. The molecule has 3 nitrogen and oxygen atoms in total. The van der Waals surface area contributed by atoms with Gasteiger partial charge in [-0.05, 0) is 49.4 Å². The largest absolute Gasteiger partial charge is 0.494 e. The van der Waals surface area contributed by atoms with E-state index in [0.29, 0.717) is 23.6 Å². The van der Waals surface area contributed by atoms with Crippen LogP contribution in [0.1, 0.15) is 22.8 Å². The molecule has 2 aromatic rings. The fourth-order valence-corrected chi connectivity index (χ4v) is 1.74. The highest BCUT2D eigenvalue weighted by molar-refractivity contribution is 6.09. The minimum absolute atomic E-state index is 0.0239. The van der Waals surface area contributed by atoms with Gasteiger partial charge in [0.25, 0.3) is 0 Å². The molecule has 0 bridgehead atoms. The maximum atomic E-state index is 13.6. The summed E-state index contributed by atoms with van der Waals surface area (Å²) in [4.78, 5) is 12.2. The molecule has 0 aliphatic carbocycles. The summed E-state index contributed by atoms with van der Waals surface area (Å²) in [5.74, 6) is -0.298. The number of hydrogen-bond acceptors (Lipinski definition) is 3. The summed E-state index contributed by atoms with van der Waals surface area (Å²) >= 11 is 0. The zero-order valence-electron chi connectivity index (χ0n) is 10.5. The lowest BCUT2D eigenvalue weighted by Crippen LogP contribution is -2.05. The smallest absolute Gasteiger partial charge is 0.196 e. The van der Waals surface area contributed by atoms with E-state index in [9.17, 15) is 9.18 Å². The molecule has 98 valence electrons. The highest BCUT2D eigenvalue weighted by Crippen LogP contribution is 2.19. The summed E-state index contributed by atoms with van der Waals surface area (Å²) in [6, 6.07) is 10.5. The summed E-state index contributed by atoms with van der Waals surface area (Å²) in [5.41, 5.74) is 6.30. The lowest BCUT2D eigenvalue weighted by molar-refractivity contribution is 0.103. The Kier molecular flexibility index (Phi) is 3.80. The number of benzene rings is 2. The number of nitrogens with two attached hydrogens (primary N) is 1. The highest BCUT2D eigenvalue weighted by atomic mass is 19.1. The molecule has 0 atom stereocenters. The van der Waals surface area contributed by atoms with Crippen molar-refractivity contribution in [2.75, 3.05) is 12.3 Å². The van der Waals surface area contributed by atoms with Gasteiger partial charge in [0.2, 0.25) is 0 Å². The number of ketones is 1. The first-order chi connectivity index (χ1) is 9.11. The van der Waals surface area contributed by atoms with E-state index in [0.717, 1.165) is 0 Å². The van der Waals surface area contributed by atoms with Crippen molar-refractivity contribution in [3.8, 4) is 5.75 Å². The minimum Gasteiger partial charge on any atom is -0.494 e. The molecule has 0 aliphatic heterocycles. The fourth-order valence-electron chi connectivity index (χ4n) is 1.74. The van der Waals surface area contributed by atoms with Gasteiger partial charge in [0, 0.05) is 11.3 Å². The molecule has 0 unspecified atom stereocenters. The lowest BCUT2D eigenvalue weighted by Gasteiger charge is -2.06. The van der Waals surface area contributed by atoms with Crippen LogP contribution in [0.3, 0.4) is 0 Å². The third kappa shape index (κ3) is 2.91. The Labute approximate surface area is 110 Å². The van der Waals surface area contributed by atoms with Crippen LogP contribution >= 0.6 is 0 Å². The van der Waals surface area contributed by atoms with Crippen molar-refractivity contribution in [1.29, 1.82) is 0 Å². The Bertz CT molecular complexity index is 594. The average molecular weight is 259 g/mol. The molecule has 2 N–H and O–H groups in total. The summed E-state index contributed by atoms with van der Waals surface area (Å²) < 4.78 is 18.9. The molecular weight excluding hydrogens is 245 g/mol. The molecule has 0 spiro atoms. The molecule has 0 radical (unpaired) electrons. The van der Waals surface area contributed by atoms with Gasteiger partial charge in [-0.25, -0.2) is 4.39 Å². The molecule has 4 heteroatoms. The standard InChI is InChI=1S/C15H14FNO2/c1-2-19-12-6-3-10(4-7-12)15(18)13-9-11(17)5-8-14(13)16/h3-9H,2,17H2,1H3.